The van der Waals surface area contributed by atoms with Crippen LogP contribution in [0.5, 0.6) is 0 Å². The Morgan fingerprint density at radius 2 is 1.81 bits per heavy atom. The quantitative estimate of drug-likeness (QED) is 0.263. The summed E-state index contributed by atoms with van der Waals surface area (Å²) in [5, 5.41) is 0.699. The molecule has 6 nitrogen and oxygen atoms in total. The molecule has 2 amide bonds. The van der Waals surface area contributed by atoms with Gasteiger partial charge in [0.15, 0.2) is 0 Å². The number of rotatable bonds is 13. The van der Waals surface area contributed by atoms with Crippen LogP contribution < -0.4 is 0 Å². The Morgan fingerprint density at radius 3 is 2.51 bits per heavy atom. The van der Waals surface area contributed by atoms with Crippen LogP contribution in [0.4, 0.5) is 0 Å². The first-order valence-electron chi connectivity index (χ1n) is 12.5. The molecule has 0 atom stereocenters. The summed E-state index contributed by atoms with van der Waals surface area (Å²) in [5.41, 5.74) is 3.77. The van der Waals surface area contributed by atoms with E-state index >= 15 is 0 Å². The van der Waals surface area contributed by atoms with E-state index in [1.807, 2.05) is 23.2 Å². The largest absolute Gasteiger partial charge is 0.383 e. The van der Waals surface area contributed by atoms with Gasteiger partial charge in [-0.05, 0) is 49.2 Å². The Morgan fingerprint density at radius 1 is 1.00 bits per heavy atom. The summed E-state index contributed by atoms with van der Waals surface area (Å²) >= 11 is 12.3. The van der Waals surface area contributed by atoms with Crippen LogP contribution in [0.25, 0.3) is 0 Å². The van der Waals surface area contributed by atoms with E-state index in [1.165, 1.54) is 22.1 Å². The van der Waals surface area contributed by atoms with Crippen molar-refractivity contribution >= 4 is 35.0 Å². The highest BCUT2D eigenvalue weighted by Crippen LogP contribution is 2.22. The Labute approximate surface area is 229 Å². The van der Waals surface area contributed by atoms with Gasteiger partial charge in [0.25, 0.3) is 5.91 Å². The van der Waals surface area contributed by atoms with Crippen molar-refractivity contribution in [3.63, 3.8) is 0 Å². The van der Waals surface area contributed by atoms with Gasteiger partial charge in [-0.25, -0.2) is 0 Å². The van der Waals surface area contributed by atoms with E-state index in [-0.39, 0.29) is 29.9 Å². The van der Waals surface area contributed by atoms with Gasteiger partial charge in [0, 0.05) is 43.7 Å². The van der Waals surface area contributed by atoms with Crippen LogP contribution in [-0.4, -0.2) is 59.5 Å². The zero-order chi connectivity index (χ0) is 26.8. The van der Waals surface area contributed by atoms with Crippen LogP contribution in [0.3, 0.4) is 0 Å². The number of nitrogens with zero attached hydrogens (tertiary/aromatic N) is 3. The van der Waals surface area contributed by atoms with Crippen molar-refractivity contribution in [2.45, 2.75) is 39.8 Å². The van der Waals surface area contributed by atoms with Gasteiger partial charge in [-0.3, -0.25) is 9.59 Å². The van der Waals surface area contributed by atoms with Gasteiger partial charge in [-0.1, -0.05) is 66.4 Å². The van der Waals surface area contributed by atoms with Crippen molar-refractivity contribution in [3.05, 3.63) is 93.2 Å². The Bertz CT molecular complexity index is 1190. The molecular formula is C29H35Cl2N3O3. The molecule has 0 aliphatic carbocycles. The Balaban J connectivity index is 1.78. The smallest absolute Gasteiger partial charge is 0.255 e. The van der Waals surface area contributed by atoms with E-state index in [9.17, 15) is 9.59 Å². The third-order valence-electron chi connectivity index (χ3n) is 6.19. The molecule has 3 rings (SSSR count). The minimum absolute atomic E-state index is 0.0660. The van der Waals surface area contributed by atoms with E-state index in [0.717, 1.165) is 25.1 Å². The average molecular weight is 545 g/mol. The monoisotopic (exact) mass is 543 g/mol. The molecule has 0 saturated heterocycles. The molecule has 1 aromatic heterocycles. The number of benzene rings is 2. The topological polar surface area (TPSA) is 54.8 Å². The number of ether oxygens (including phenoxy) is 1. The Hall–Kier alpha value is -2.80. The second kappa shape index (κ2) is 14.2. The maximum atomic E-state index is 13.6. The lowest BCUT2D eigenvalue weighted by atomic mass is 10.1. The number of carbonyl (C=O) groups is 2. The summed E-state index contributed by atoms with van der Waals surface area (Å²) in [7, 11) is 1.57. The van der Waals surface area contributed by atoms with Crippen LogP contribution in [0.15, 0.2) is 60.8 Å². The minimum Gasteiger partial charge on any atom is -0.383 e. The molecule has 198 valence electrons. The van der Waals surface area contributed by atoms with Crippen LogP contribution in [0.2, 0.25) is 10.0 Å². The number of unbranched alkanes of at least 4 members (excludes halogenated alkanes) is 1. The van der Waals surface area contributed by atoms with Crippen molar-refractivity contribution in [3.8, 4) is 0 Å². The lowest BCUT2D eigenvalue weighted by molar-refractivity contribution is -0.132. The third-order valence-corrected chi connectivity index (χ3v) is 6.73. The molecule has 0 aliphatic rings. The number of halogens is 2. The van der Waals surface area contributed by atoms with Crippen molar-refractivity contribution < 1.29 is 14.3 Å². The van der Waals surface area contributed by atoms with Crippen LogP contribution >= 0.6 is 23.2 Å². The third kappa shape index (κ3) is 8.35. The molecule has 0 spiro atoms. The first-order chi connectivity index (χ1) is 17.8. The first-order valence-corrected chi connectivity index (χ1v) is 13.3. The summed E-state index contributed by atoms with van der Waals surface area (Å²) in [6, 6.07) is 17.2. The van der Waals surface area contributed by atoms with Gasteiger partial charge in [0.1, 0.15) is 6.54 Å². The molecule has 0 bridgehead atoms. The number of hydrogen-bond donors (Lipinski definition) is 0. The maximum Gasteiger partial charge on any atom is 0.255 e. The van der Waals surface area contributed by atoms with Crippen molar-refractivity contribution in [2.24, 2.45) is 0 Å². The molecule has 0 aliphatic heterocycles. The molecule has 1 heterocycles. The molecule has 0 saturated carbocycles. The molecule has 8 heteroatoms. The fraction of sp³-hybridized carbons (Fsp3) is 0.379. The van der Waals surface area contributed by atoms with Crippen LogP contribution in [-0.2, 0) is 22.6 Å². The van der Waals surface area contributed by atoms with Crippen molar-refractivity contribution in [1.82, 2.24) is 14.4 Å². The van der Waals surface area contributed by atoms with Crippen molar-refractivity contribution in [1.29, 1.82) is 0 Å². The normalized spacial score (nSPS) is 10.9. The standard InChI is InChI=1S/C29H35Cl2N3O3/c1-4-5-13-33(20-25-10-7-14-32(25)19-23-9-6-8-22(2)17-23)28(35)21-34(15-16-37-3)29(36)26-12-11-24(30)18-27(26)31/h6-12,14,17-18H,4-5,13,15-16,19-21H2,1-3H3. The summed E-state index contributed by atoms with van der Waals surface area (Å²) in [4.78, 5) is 30.2. The molecule has 0 fully saturated rings. The van der Waals surface area contributed by atoms with Crippen LogP contribution in [0.1, 0.15) is 46.9 Å². The van der Waals surface area contributed by atoms with Gasteiger partial charge in [0.05, 0.1) is 23.7 Å². The second-order valence-electron chi connectivity index (χ2n) is 9.13. The van der Waals surface area contributed by atoms with Gasteiger partial charge < -0.3 is 19.1 Å². The van der Waals surface area contributed by atoms with E-state index in [1.54, 1.807) is 19.2 Å². The maximum absolute atomic E-state index is 13.6. The predicted molar refractivity (Wildman–Crippen MR) is 149 cm³/mol. The van der Waals surface area contributed by atoms with Crippen LogP contribution in [0, 0.1) is 6.92 Å². The zero-order valence-electron chi connectivity index (χ0n) is 21.8. The number of hydrogen-bond acceptors (Lipinski definition) is 3. The number of aromatic nitrogens is 1. The molecule has 0 N–H and O–H groups in total. The molecule has 3 aromatic rings. The molecule has 0 unspecified atom stereocenters. The number of carbonyl (C=O) groups excluding carboxylic acids is 2. The highest BCUT2D eigenvalue weighted by atomic mass is 35.5. The van der Waals surface area contributed by atoms with E-state index in [4.69, 9.17) is 27.9 Å². The highest BCUT2D eigenvalue weighted by molar-refractivity contribution is 6.36. The van der Waals surface area contributed by atoms with Crippen molar-refractivity contribution in [2.75, 3.05) is 33.4 Å². The highest BCUT2D eigenvalue weighted by Gasteiger charge is 2.24. The average Bonchev–Trinajstić information content (AvgIpc) is 3.30. The lowest BCUT2D eigenvalue weighted by Gasteiger charge is -2.28. The molecular weight excluding hydrogens is 509 g/mol. The molecule has 37 heavy (non-hydrogen) atoms. The molecule has 0 radical (unpaired) electrons. The summed E-state index contributed by atoms with van der Waals surface area (Å²) < 4.78 is 7.37. The summed E-state index contributed by atoms with van der Waals surface area (Å²) in [5.74, 6) is -0.448. The number of amides is 2. The predicted octanol–water partition coefficient (Wildman–Crippen LogP) is 6.07. The summed E-state index contributed by atoms with van der Waals surface area (Å²) in [6.07, 6.45) is 3.87. The van der Waals surface area contributed by atoms with E-state index in [2.05, 4.69) is 42.7 Å². The van der Waals surface area contributed by atoms with Gasteiger partial charge in [-0.15, -0.1) is 0 Å². The van der Waals surface area contributed by atoms with E-state index in [0.29, 0.717) is 30.3 Å². The molecule has 2 aromatic carbocycles. The van der Waals surface area contributed by atoms with E-state index < -0.39 is 0 Å². The lowest BCUT2D eigenvalue weighted by Crippen LogP contribution is -2.44. The van der Waals surface area contributed by atoms with Gasteiger partial charge in [0.2, 0.25) is 5.91 Å². The fourth-order valence-electron chi connectivity index (χ4n) is 4.14. The SMILES string of the molecule is CCCCN(Cc1cccn1Cc1cccc(C)c1)C(=O)CN(CCOC)C(=O)c1ccc(Cl)cc1Cl. The second-order valence-corrected chi connectivity index (χ2v) is 9.97. The zero-order valence-corrected chi connectivity index (χ0v) is 23.3. The fourth-order valence-corrected chi connectivity index (χ4v) is 4.63. The minimum atomic E-state index is -0.328. The van der Waals surface area contributed by atoms with Gasteiger partial charge in [-0.2, -0.15) is 0 Å². The first kappa shape index (κ1) is 28.8. The number of aryl methyl sites for hydroxylation is 1. The summed E-state index contributed by atoms with van der Waals surface area (Å²) in [6.45, 7) is 6.49. The van der Waals surface area contributed by atoms with Gasteiger partial charge >= 0.3 is 0 Å². The number of methoxy groups -OCH3 is 1. The Kier molecular flexibility index (Phi) is 11.1.